The molecule has 3 heterocycles. The van der Waals surface area contributed by atoms with E-state index in [9.17, 15) is 9.18 Å². The van der Waals surface area contributed by atoms with Crippen LogP contribution in [0.25, 0.3) is 5.65 Å². The highest BCUT2D eigenvalue weighted by Crippen LogP contribution is 2.32. The Morgan fingerprint density at radius 1 is 1.28 bits per heavy atom. The van der Waals surface area contributed by atoms with Crippen molar-refractivity contribution in [2.75, 3.05) is 24.8 Å². The average Bonchev–Trinajstić information content (AvgIpc) is 3.28. The van der Waals surface area contributed by atoms with E-state index < -0.39 is 18.1 Å². The summed E-state index contributed by atoms with van der Waals surface area (Å²) >= 11 is 0. The Hall–Kier alpha value is -3.47. The first kappa shape index (κ1) is 20.4. The third-order valence-corrected chi connectivity index (χ3v) is 5.70. The summed E-state index contributed by atoms with van der Waals surface area (Å²) in [5, 5.41) is 13.2. The van der Waals surface area contributed by atoms with Gasteiger partial charge in [0, 0.05) is 45.7 Å². The maximum atomic E-state index is 13.2. The second kappa shape index (κ2) is 8.23. The molecular weight excluding hydrogens is 417 g/mol. The summed E-state index contributed by atoms with van der Waals surface area (Å²) in [4.78, 5) is 21.5. The zero-order valence-electron chi connectivity index (χ0n) is 17.7. The van der Waals surface area contributed by atoms with Gasteiger partial charge in [-0.15, -0.1) is 0 Å². The summed E-state index contributed by atoms with van der Waals surface area (Å²) in [5.41, 5.74) is 1.27. The quantitative estimate of drug-likeness (QED) is 0.488. The molecule has 2 aliphatic rings. The van der Waals surface area contributed by atoms with Gasteiger partial charge in [-0.05, 0) is 12.1 Å². The van der Waals surface area contributed by atoms with Gasteiger partial charge in [-0.1, -0.05) is 0 Å². The first-order valence-electron chi connectivity index (χ1n) is 10.5. The van der Waals surface area contributed by atoms with Crippen molar-refractivity contribution in [2.24, 2.45) is 0 Å². The number of nitrogens with zero attached hydrogens (tertiary/aromatic N) is 4. The molecule has 2 saturated carbocycles. The highest BCUT2D eigenvalue weighted by molar-refractivity contribution is 6.00. The van der Waals surface area contributed by atoms with Crippen molar-refractivity contribution in [3.05, 3.63) is 36.2 Å². The van der Waals surface area contributed by atoms with E-state index in [1.165, 1.54) is 10.7 Å². The second-order valence-corrected chi connectivity index (χ2v) is 7.95. The fourth-order valence-electron chi connectivity index (χ4n) is 3.61. The van der Waals surface area contributed by atoms with Gasteiger partial charge in [0.25, 0.3) is 5.91 Å². The van der Waals surface area contributed by atoms with E-state index in [4.69, 9.17) is 9.47 Å². The van der Waals surface area contributed by atoms with Gasteiger partial charge in [0.2, 0.25) is 5.88 Å². The van der Waals surface area contributed by atoms with Crippen molar-refractivity contribution >= 4 is 28.9 Å². The number of ether oxygens (including phenoxy) is 2. The number of nitrogens with one attached hydrogen (secondary N) is 3. The molecule has 3 aromatic rings. The number of methoxy groups -OCH3 is 1. The first-order chi connectivity index (χ1) is 15.6. The summed E-state index contributed by atoms with van der Waals surface area (Å²) in [6.45, 7) is 0. The molecule has 0 radical (unpaired) electrons. The van der Waals surface area contributed by atoms with Gasteiger partial charge in [-0.2, -0.15) is 9.61 Å². The Morgan fingerprint density at radius 2 is 2.09 bits per heavy atom. The highest BCUT2D eigenvalue weighted by Gasteiger charge is 2.39. The smallest absolute Gasteiger partial charge is 0.257 e. The summed E-state index contributed by atoms with van der Waals surface area (Å²) < 4.78 is 26.1. The van der Waals surface area contributed by atoms with Crippen molar-refractivity contribution in [3.8, 4) is 5.88 Å². The number of carbonyl (C=O) groups is 1. The molecule has 11 heteroatoms. The first-order valence-corrected chi connectivity index (χ1v) is 10.5. The van der Waals surface area contributed by atoms with Gasteiger partial charge in [0.15, 0.2) is 5.65 Å². The third kappa shape index (κ3) is 3.91. The number of aromatic nitrogens is 4. The summed E-state index contributed by atoms with van der Waals surface area (Å²) in [6.07, 6.45) is 4.34. The molecule has 0 aliphatic heterocycles. The average molecular weight is 441 g/mol. The van der Waals surface area contributed by atoms with Crippen molar-refractivity contribution in [2.45, 2.75) is 43.7 Å². The lowest BCUT2D eigenvalue weighted by Gasteiger charge is -2.34. The zero-order valence-corrected chi connectivity index (χ0v) is 17.7. The Balaban J connectivity index is 1.41. The molecule has 10 nitrogen and oxygen atoms in total. The molecule has 2 aliphatic carbocycles. The largest absolute Gasteiger partial charge is 0.473 e. The topological polar surface area (TPSA) is 115 Å². The minimum atomic E-state index is -0.988. The number of pyridine rings is 1. The molecule has 168 valence electrons. The van der Waals surface area contributed by atoms with Crippen molar-refractivity contribution in [1.82, 2.24) is 24.9 Å². The number of hydrogen-bond donors (Lipinski definition) is 3. The van der Waals surface area contributed by atoms with Crippen LogP contribution in [0.3, 0.4) is 0 Å². The van der Waals surface area contributed by atoms with Crippen LogP contribution in [0.4, 0.5) is 21.7 Å². The molecule has 0 unspecified atom stereocenters. The lowest BCUT2D eigenvalue weighted by molar-refractivity contribution is -0.0393. The molecule has 32 heavy (non-hydrogen) atoms. The predicted molar refractivity (Wildman–Crippen MR) is 115 cm³/mol. The van der Waals surface area contributed by atoms with Crippen LogP contribution in [0.5, 0.6) is 5.88 Å². The third-order valence-electron chi connectivity index (χ3n) is 5.70. The van der Waals surface area contributed by atoms with Gasteiger partial charge < -0.3 is 25.4 Å². The Labute approximate surface area is 183 Å². The molecule has 0 aromatic carbocycles. The fraction of sp³-hybridized carbons (Fsp3) is 0.429. The van der Waals surface area contributed by atoms with Crippen LogP contribution >= 0.6 is 0 Å². The molecular formula is C21H24FN7O3. The van der Waals surface area contributed by atoms with Crippen LogP contribution in [-0.2, 0) is 4.74 Å². The van der Waals surface area contributed by atoms with Crippen molar-refractivity contribution in [3.63, 3.8) is 0 Å². The monoisotopic (exact) mass is 441 g/mol. The number of alkyl halides is 1. The van der Waals surface area contributed by atoms with Crippen LogP contribution in [0.2, 0.25) is 0 Å². The van der Waals surface area contributed by atoms with E-state index >= 15 is 0 Å². The minimum Gasteiger partial charge on any atom is -0.473 e. The van der Waals surface area contributed by atoms with Crippen LogP contribution in [-0.4, -0.2) is 64.1 Å². The fourth-order valence-corrected chi connectivity index (χ4v) is 3.61. The van der Waals surface area contributed by atoms with E-state index in [0.29, 0.717) is 35.3 Å². The minimum absolute atomic E-state index is 0.0468. The molecule has 5 rings (SSSR count). The molecule has 2 atom stereocenters. The van der Waals surface area contributed by atoms with Crippen molar-refractivity contribution < 1.29 is 18.7 Å². The molecule has 3 aromatic heterocycles. The van der Waals surface area contributed by atoms with E-state index in [0.717, 1.165) is 12.8 Å². The van der Waals surface area contributed by atoms with Gasteiger partial charge >= 0.3 is 0 Å². The van der Waals surface area contributed by atoms with Gasteiger partial charge in [0.05, 0.1) is 18.3 Å². The lowest BCUT2D eigenvalue weighted by Crippen LogP contribution is -2.39. The number of rotatable bonds is 8. The molecule has 0 saturated heterocycles. The predicted octanol–water partition coefficient (Wildman–Crippen LogP) is 2.31. The van der Waals surface area contributed by atoms with E-state index in [1.54, 1.807) is 32.5 Å². The van der Waals surface area contributed by atoms with Crippen LogP contribution in [0.1, 0.15) is 29.6 Å². The number of carbonyl (C=O) groups excluding carboxylic acids is 1. The number of hydrogen-bond acceptors (Lipinski definition) is 8. The summed E-state index contributed by atoms with van der Waals surface area (Å²) in [7, 11) is 3.45. The normalized spacial score (nSPS) is 24.0. The Kier molecular flexibility index (Phi) is 5.25. The summed E-state index contributed by atoms with van der Waals surface area (Å²) in [5.74, 6) is 1.17. The van der Waals surface area contributed by atoms with Crippen LogP contribution in [0.15, 0.2) is 30.6 Å². The zero-order chi connectivity index (χ0) is 22.2. The van der Waals surface area contributed by atoms with Crippen molar-refractivity contribution in [1.29, 1.82) is 0 Å². The number of amides is 1. The van der Waals surface area contributed by atoms with E-state index in [-0.39, 0.29) is 17.8 Å². The SMILES string of the molecule is CNc1cc(Nc2cccnc2O[C@H]2C[C@@H](OC)C2)nc2c(C(=O)N[C@H]3C[C@H]3F)cnn12. The number of fused-ring (bicyclic) bond motifs is 1. The number of halogens is 1. The molecule has 3 N–H and O–H groups in total. The second-order valence-electron chi connectivity index (χ2n) is 7.95. The Bertz CT molecular complexity index is 1150. The standard InChI is InChI=1S/C21H24FN7O3/c1-23-18-9-17(26-15-4-3-5-24-21(15)32-12-6-11(7-12)31-2)28-19-13(10-25-29(18)19)20(30)27-16-8-14(16)22/h3-5,9-12,14,16,23H,6-8H2,1-2H3,(H,26,28)(H,27,30)/t11-,12+,14-,16+/m1/s1. The van der Waals surface area contributed by atoms with Crippen LogP contribution < -0.4 is 20.7 Å². The Morgan fingerprint density at radius 3 is 2.81 bits per heavy atom. The lowest BCUT2D eigenvalue weighted by atomic mass is 9.92. The highest BCUT2D eigenvalue weighted by atomic mass is 19.1. The maximum absolute atomic E-state index is 13.2. The van der Waals surface area contributed by atoms with E-state index in [2.05, 4.69) is 31.0 Å². The van der Waals surface area contributed by atoms with E-state index in [1.807, 2.05) is 6.07 Å². The molecule has 2 fully saturated rings. The molecule has 0 spiro atoms. The molecule has 0 bridgehead atoms. The van der Waals surface area contributed by atoms with Gasteiger partial charge in [-0.3, -0.25) is 4.79 Å². The molecule has 1 amide bonds. The van der Waals surface area contributed by atoms with Gasteiger partial charge in [-0.25, -0.2) is 14.4 Å². The van der Waals surface area contributed by atoms with Gasteiger partial charge in [0.1, 0.15) is 35.2 Å². The van der Waals surface area contributed by atoms with Crippen LogP contribution in [0, 0.1) is 0 Å². The summed E-state index contributed by atoms with van der Waals surface area (Å²) in [6, 6.07) is 4.97. The maximum Gasteiger partial charge on any atom is 0.257 e. The number of anilines is 3.